The quantitative estimate of drug-likeness (QED) is 0.419. The van der Waals surface area contributed by atoms with E-state index in [4.69, 9.17) is 4.74 Å². The van der Waals surface area contributed by atoms with Gasteiger partial charge < -0.3 is 14.4 Å². The summed E-state index contributed by atoms with van der Waals surface area (Å²) >= 11 is 0. The van der Waals surface area contributed by atoms with E-state index in [9.17, 15) is 18.3 Å². The van der Waals surface area contributed by atoms with Gasteiger partial charge in [-0.3, -0.25) is 4.98 Å². The first-order valence-electron chi connectivity index (χ1n) is 10.9. The van der Waals surface area contributed by atoms with Gasteiger partial charge in [0.05, 0.1) is 0 Å². The van der Waals surface area contributed by atoms with Crippen LogP contribution in [-0.2, 0) is 17.6 Å². The minimum Gasteiger partial charge on any atom is -0.396 e. The summed E-state index contributed by atoms with van der Waals surface area (Å²) in [4.78, 5) is 8.38. The second kappa shape index (κ2) is 9.83. The van der Waals surface area contributed by atoms with Gasteiger partial charge in [0.1, 0.15) is 12.6 Å². The molecule has 0 atom stereocenters. The maximum Gasteiger partial charge on any atom is 0.434 e. The first-order valence-corrected chi connectivity index (χ1v) is 14.6. The van der Waals surface area contributed by atoms with Crippen molar-refractivity contribution < 1.29 is 23.0 Å². The highest BCUT2D eigenvalue weighted by Gasteiger charge is 2.35. The van der Waals surface area contributed by atoms with Gasteiger partial charge in [-0.05, 0) is 49.8 Å². The van der Waals surface area contributed by atoms with Gasteiger partial charge in [-0.25, -0.2) is 4.98 Å². The van der Waals surface area contributed by atoms with Crippen molar-refractivity contribution in [2.45, 2.75) is 70.2 Å². The smallest absolute Gasteiger partial charge is 0.396 e. The number of aliphatic hydroxyl groups excluding tert-OH is 1. The monoisotopic (exact) mass is 455 g/mol. The maximum absolute atomic E-state index is 13.3. The zero-order valence-electron chi connectivity index (χ0n) is 18.5. The summed E-state index contributed by atoms with van der Waals surface area (Å²) in [7, 11) is -1.28. The number of imidazole rings is 1. The number of hydrogen-bond acceptors (Lipinski definition) is 4. The predicted octanol–water partition coefficient (Wildman–Crippen LogP) is 5.54. The Balaban J connectivity index is 1.74. The summed E-state index contributed by atoms with van der Waals surface area (Å²) in [5, 5.41) is 9.30. The molecule has 1 N–H and O–H groups in total. The van der Waals surface area contributed by atoms with Crippen LogP contribution in [0.15, 0.2) is 24.5 Å². The van der Waals surface area contributed by atoms with Crippen molar-refractivity contribution in [1.29, 1.82) is 0 Å². The zero-order valence-corrected chi connectivity index (χ0v) is 19.5. The number of aliphatic hydroxyl groups is 1. The first-order chi connectivity index (χ1) is 14.6. The average Bonchev–Trinajstić information content (AvgIpc) is 3.15. The summed E-state index contributed by atoms with van der Waals surface area (Å²) in [5.41, 5.74) is 0.556. The predicted molar refractivity (Wildman–Crippen MR) is 116 cm³/mol. The lowest BCUT2D eigenvalue weighted by molar-refractivity contribution is -0.141. The number of rotatable bonds is 8. The Morgan fingerprint density at radius 1 is 1.16 bits per heavy atom. The molecule has 0 radical (unpaired) electrons. The molecule has 0 bridgehead atoms. The molecule has 0 unspecified atom stereocenters. The maximum atomic E-state index is 13.3. The highest BCUT2D eigenvalue weighted by Crippen LogP contribution is 2.35. The van der Waals surface area contributed by atoms with Gasteiger partial charge in [-0.2, -0.15) is 13.2 Å². The van der Waals surface area contributed by atoms with Gasteiger partial charge in [0.25, 0.3) is 0 Å². The number of alkyl halides is 3. The molecule has 0 aromatic carbocycles. The third kappa shape index (κ3) is 6.63. The van der Waals surface area contributed by atoms with E-state index in [1.807, 2.05) is 6.07 Å². The van der Waals surface area contributed by atoms with Gasteiger partial charge in [0.2, 0.25) is 0 Å². The van der Waals surface area contributed by atoms with Crippen LogP contribution in [0.4, 0.5) is 13.2 Å². The van der Waals surface area contributed by atoms with Crippen LogP contribution in [-0.4, -0.2) is 40.9 Å². The van der Waals surface area contributed by atoms with Crippen molar-refractivity contribution in [2.24, 2.45) is 5.92 Å². The van der Waals surface area contributed by atoms with Crippen LogP contribution in [0, 0.1) is 5.92 Å². The largest absolute Gasteiger partial charge is 0.434 e. The third-order valence-electron chi connectivity index (χ3n) is 5.86. The summed E-state index contributed by atoms with van der Waals surface area (Å²) in [6.07, 6.45) is 1.97. The molecule has 0 saturated heterocycles. The average molecular weight is 456 g/mol. The van der Waals surface area contributed by atoms with Gasteiger partial charge in [0, 0.05) is 50.9 Å². The summed E-state index contributed by atoms with van der Waals surface area (Å²) in [5.74, 6) is 0.903. The molecule has 0 spiro atoms. The van der Waals surface area contributed by atoms with E-state index < -0.39 is 19.9 Å². The molecule has 1 aliphatic carbocycles. The molecule has 1 saturated carbocycles. The lowest BCUT2D eigenvalue weighted by Gasteiger charge is -2.26. The molecule has 0 amide bonds. The van der Waals surface area contributed by atoms with Gasteiger partial charge in [0.15, 0.2) is 5.69 Å². The molecule has 2 heterocycles. The standard InChI is InChI=1S/C22H32F3N3O2Si/c1-31(2,3)11-10-30-15-28-13-20(22(23,24)25)27-21(28)18-8-9-19(26-12-18)17-6-4-16(14-29)5-7-17/h8-9,12-13,16-17,29H,4-7,10-11,14-15H2,1-3H3/t16-,17+. The van der Waals surface area contributed by atoms with E-state index >= 15 is 0 Å². The molecule has 172 valence electrons. The van der Waals surface area contributed by atoms with E-state index in [0.29, 0.717) is 24.0 Å². The molecule has 1 fully saturated rings. The fourth-order valence-corrected chi connectivity index (χ4v) is 4.60. The van der Waals surface area contributed by atoms with Crippen molar-refractivity contribution in [3.05, 3.63) is 35.9 Å². The molecule has 3 rings (SSSR count). The van der Waals surface area contributed by atoms with Gasteiger partial charge in [-0.1, -0.05) is 19.6 Å². The van der Waals surface area contributed by atoms with Crippen molar-refractivity contribution >= 4 is 8.07 Å². The van der Waals surface area contributed by atoms with Gasteiger partial charge in [-0.15, -0.1) is 0 Å². The van der Waals surface area contributed by atoms with E-state index in [1.165, 1.54) is 4.57 Å². The van der Waals surface area contributed by atoms with Crippen LogP contribution in [0.2, 0.25) is 25.7 Å². The third-order valence-corrected chi connectivity index (χ3v) is 7.57. The molecule has 31 heavy (non-hydrogen) atoms. The van der Waals surface area contributed by atoms with Crippen LogP contribution in [0.1, 0.15) is 43.0 Å². The van der Waals surface area contributed by atoms with Crippen LogP contribution < -0.4 is 0 Å². The minimum atomic E-state index is -4.52. The van der Waals surface area contributed by atoms with Crippen molar-refractivity contribution in [3.8, 4) is 11.4 Å². The Kier molecular flexibility index (Phi) is 7.59. The molecule has 9 heteroatoms. The Morgan fingerprint density at radius 3 is 2.42 bits per heavy atom. The number of halogens is 3. The second-order valence-electron chi connectivity index (χ2n) is 9.64. The number of nitrogens with zero attached hydrogens (tertiary/aromatic N) is 3. The van der Waals surface area contributed by atoms with Crippen molar-refractivity contribution in [3.63, 3.8) is 0 Å². The fraction of sp³-hybridized carbons (Fsp3) is 0.636. The fourth-order valence-electron chi connectivity index (χ4n) is 3.84. The van der Waals surface area contributed by atoms with E-state index in [-0.39, 0.29) is 19.2 Å². The molecule has 5 nitrogen and oxygen atoms in total. The molecule has 2 aromatic rings. The normalized spacial score (nSPS) is 20.2. The Bertz CT molecular complexity index is 839. The van der Waals surface area contributed by atoms with E-state index in [1.54, 1.807) is 12.3 Å². The Hall–Kier alpha value is -1.71. The highest BCUT2D eigenvalue weighted by atomic mass is 28.3. The molecule has 1 aliphatic rings. The number of ether oxygens (including phenoxy) is 1. The van der Waals surface area contributed by atoms with Crippen molar-refractivity contribution in [1.82, 2.24) is 14.5 Å². The van der Waals surface area contributed by atoms with E-state index in [0.717, 1.165) is 43.6 Å². The van der Waals surface area contributed by atoms with Crippen LogP contribution in [0.5, 0.6) is 0 Å². The first kappa shape index (κ1) is 23.9. The number of hydrogen-bond donors (Lipinski definition) is 1. The molecular formula is C22H32F3N3O2Si. The Labute approximate surface area is 182 Å². The number of pyridine rings is 1. The van der Waals surface area contributed by atoms with Crippen LogP contribution in [0.25, 0.3) is 11.4 Å². The van der Waals surface area contributed by atoms with Gasteiger partial charge >= 0.3 is 6.18 Å². The SMILES string of the molecule is C[Si](C)(C)CCOCn1cc(C(F)(F)F)nc1-c1ccc([C@H]2CC[C@@H](CO)CC2)nc1. The van der Waals surface area contributed by atoms with Crippen LogP contribution in [0.3, 0.4) is 0 Å². The van der Waals surface area contributed by atoms with E-state index in [2.05, 4.69) is 29.6 Å². The zero-order chi connectivity index (χ0) is 22.6. The lowest BCUT2D eigenvalue weighted by Crippen LogP contribution is -2.22. The molecular weight excluding hydrogens is 423 g/mol. The highest BCUT2D eigenvalue weighted by molar-refractivity contribution is 6.76. The topological polar surface area (TPSA) is 60.2 Å². The van der Waals surface area contributed by atoms with Crippen molar-refractivity contribution in [2.75, 3.05) is 13.2 Å². The molecule has 0 aliphatic heterocycles. The van der Waals surface area contributed by atoms with Crippen LogP contribution >= 0.6 is 0 Å². The second-order valence-corrected chi connectivity index (χ2v) is 15.3. The minimum absolute atomic E-state index is 0.0236. The summed E-state index contributed by atoms with van der Waals surface area (Å²) < 4.78 is 46.9. The number of aromatic nitrogens is 3. The molecule has 2 aromatic heterocycles. The summed E-state index contributed by atoms with van der Waals surface area (Å²) in [6, 6.07) is 4.62. The summed E-state index contributed by atoms with van der Waals surface area (Å²) in [6.45, 7) is 7.44. The lowest BCUT2D eigenvalue weighted by atomic mass is 9.80. The Morgan fingerprint density at radius 2 is 1.87 bits per heavy atom.